The highest BCUT2D eigenvalue weighted by molar-refractivity contribution is 6.23. The van der Waals surface area contributed by atoms with Crippen molar-refractivity contribution >= 4 is 17.8 Å². The van der Waals surface area contributed by atoms with Gasteiger partial charge in [0.15, 0.2) is 0 Å². The van der Waals surface area contributed by atoms with Crippen LogP contribution in [0.15, 0.2) is 46.7 Å². The second-order valence-corrected chi connectivity index (χ2v) is 4.42. The lowest BCUT2D eigenvalue weighted by Gasteiger charge is -2.24. The molecule has 18 heavy (non-hydrogen) atoms. The van der Waals surface area contributed by atoms with Gasteiger partial charge in [0, 0.05) is 6.42 Å². The van der Waals surface area contributed by atoms with Crippen molar-refractivity contribution in [3.63, 3.8) is 0 Å². The summed E-state index contributed by atoms with van der Waals surface area (Å²) in [7, 11) is 0. The number of rotatable bonds is 3. The van der Waals surface area contributed by atoms with E-state index in [9.17, 15) is 10.1 Å². The largest absolute Gasteiger partial charge is 0.333 e. The lowest BCUT2D eigenvalue weighted by atomic mass is 10.1. The number of halogens is 1. The SMILES string of the molecule is NC1(Cl)N=CC([N+](=O)[O-])=C(Cc2ccccc2)N1. The molecule has 3 N–H and O–H groups in total. The van der Waals surface area contributed by atoms with Crippen LogP contribution in [0.1, 0.15) is 5.56 Å². The third-order valence-corrected chi connectivity index (χ3v) is 2.62. The fourth-order valence-electron chi connectivity index (χ4n) is 1.63. The van der Waals surface area contributed by atoms with Crippen molar-refractivity contribution in [2.24, 2.45) is 10.7 Å². The Morgan fingerprint density at radius 1 is 1.44 bits per heavy atom. The van der Waals surface area contributed by atoms with E-state index in [1.54, 1.807) is 0 Å². The number of hydrogen-bond donors (Lipinski definition) is 2. The molecule has 7 heteroatoms. The van der Waals surface area contributed by atoms with Crippen LogP contribution in [0.25, 0.3) is 0 Å². The van der Waals surface area contributed by atoms with Crippen molar-refractivity contribution in [3.05, 3.63) is 57.4 Å². The third kappa shape index (κ3) is 2.85. The van der Waals surface area contributed by atoms with Gasteiger partial charge in [-0.25, -0.2) is 4.99 Å². The zero-order valence-electron chi connectivity index (χ0n) is 9.34. The highest BCUT2D eigenvalue weighted by Gasteiger charge is 2.30. The van der Waals surface area contributed by atoms with Crippen molar-refractivity contribution in [2.45, 2.75) is 11.7 Å². The molecule has 0 aliphatic carbocycles. The summed E-state index contributed by atoms with van der Waals surface area (Å²) >= 11 is 5.81. The highest BCUT2D eigenvalue weighted by atomic mass is 35.5. The molecule has 0 radical (unpaired) electrons. The molecule has 2 rings (SSSR count). The van der Waals surface area contributed by atoms with Gasteiger partial charge in [-0.05, 0) is 5.56 Å². The predicted molar refractivity (Wildman–Crippen MR) is 68.6 cm³/mol. The molecule has 1 unspecified atom stereocenters. The minimum absolute atomic E-state index is 0.124. The molecule has 1 aliphatic rings. The molecule has 0 fully saturated rings. The smallest absolute Gasteiger partial charge is 0.306 e. The lowest BCUT2D eigenvalue weighted by molar-refractivity contribution is -0.416. The van der Waals surface area contributed by atoms with Gasteiger partial charge >= 0.3 is 5.70 Å². The van der Waals surface area contributed by atoms with E-state index in [0.717, 1.165) is 11.8 Å². The second-order valence-electron chi connectivity index (χ2n) is 3.84. The van der Waals surface area contributed by atoms with E-state index in [4.69, 9.17) is 17.3 Å². The van der Waals surface area contributed by atoms with Crippen LogP contribution in [-0.4, -0.2) is 16.4 Å². The van der Waals surface area contributed by atoms with Crippen LogP contribution in [-0.2, 0) is 6.42 Å². The topological polar surface area (TPSA) is 93.5 Å². The summed E-state index contributed by atoms with van der Waals surface area (Å²) in [5.41, 5.74) is 6.72. The summed E-state index contributed by atoms with van der Waals surface area (Å²) in [6.45, 7) is 0. The van der Waals surface area contributed by atoms with Gasteiger partial charge in [0.05, 0.1) is 10.6 Å². The molecule has 1 aliphatic heterocycles. The Bertz CT molecular complexity index is 525. The molecule has 0 aromatic heterocycles. The first-order valence-electron chi connectivity index (χ1n) is 5.20. The molecule has 0 spiro atoms. The number of alkyl halides is 1. The Morgan fingerprint density at radius 3 is 2.72 bits per heavy atom. The van der Waals surface area contributed by atoms with Crippen molar-refractivity contribution in [3.8, 4) is 0 Å². The molecule has 0 bridgehead atoms. The maximum Gasteiger partial charge on any atom is 0.306 e. The van der Waals surface area contributed by atoms with Crippen molar-refractivity contribution in [1.82, 2.24) is 5.32 Å². The first kappa shape index (κ1) is 12.5. The van der Waals surface area contributed by atoms with Crippen LogP contribution in [0.2, 0.25) is 0 Å². The average Bonchev–Trinajstić information content (AvgIpc) is 2.28. The molecule has 0 saturated heterocycles. The van der Waals surface area contributed by atoms with Crippen LogP contribution in [0, 0.1) is 10.1 Å². The Labute approximate surface area is 108 Å². The van der Waals surface area contributed by atoms with E-state index in [0.29, 0.717) is 12.1 Å². The minimum Gasteiger partial charge on any atom is -0.333 e. The second kappa shape index (κ2) is 4.75. The van der Waals surface area contributed by atoms with Crippen LogP contribution < -0.4 is 11.1 Å². The number of nitrogens with two attached hydrogens (primary N) is 1. The van der Waals surface area contributed by atoms with E-state index >= 15 is 0 Å². The van der Waals surface area contributed by atoms with Gasteiger partial charge in [-0.15, -0.1) is 0 Å². The fourth-order valence-corrected chi connectivity index (χ4v) is 1.80. The molecule has 0 saturated carbocycles. The number of benzene rings is 1. The van der Waals surface area contributed by atoms with Gasteiger partial charge in [-0.1, -0.05) is 41.9 Å². The summed E-state index contributed by atoms with van der Waals surface area (Å²) in [5, 5.41) is 12.0. The number of allylic oxidation sites excluding steroid dienone is 2. The number of hydrogen-bond acceptors (Lipinski definition) is 5. The monoisotopic (exact) mass is 266 g/mol. The van der Waals surface area contributed by atoms with Crippen LogP contribution in [0.5, 0.6) is 0 Å². The molecule has 0 amide bonds. The van der Waals surface area contributed by atoms with Gasteiger partial charge < -0.3 is 5.32 Å². The molecule has 1 aromatic carbocycles. The van der Waals surface area contributed by atoms with Crippen LogP contribution >= 0.6 is 11.6 Å². The highest BCUT2D eigenvalue weighted by Crippen LogP contribution is 2.19. The zero-order valence-corrected chi connectivity index (χ0v) is 10.1. The van der Waals surface area contributed by atoms with Crippen molar-refractivity contribution in [1.29, 1.82) is 0 Å². The van der Waals surface area contributed by atoms with Gasteiger partial charge in [-0.2, -0.15) is 0 Å². The van der Waals surface area contributed by atoms with E-state index in [-0.39, 0.29) is 5.70 Å². The van der Waals surface area contributed by atoms with E-state index < -0.39 is 10.2 Å². The number of nitrogens with one attached hydrogen (secondary N) is 1. The summed E-state index contributed by atoms with van der Waals surface area (Å²) in [6.07, 6.45) is 1.43. The van der Waals surface area contributed by atoms with E-state index in [2.05, 4.69) is 10.3 Å². The third-order valence-electron chi connectivity index (χ3n) is 2.43. The average molecular weight is 267 g/mol. The molecule has 1 atom stereocenters. The minimum atomic E-state index is -1.52. The summed E-state index contributed by atoms with van der Waals surface area (Å²) in [5.74, 6) is 0. The van der Waals surface area contributed by atoms with E-state index in [1.165, 1.54) is 0 Å². The van der Waals surface area contributed by atoms with Gasteiger partial charge in [0.25, 0.3) is 5.25 Å². The number of nitro groups is 1. The normalized spacial score (nSPS) is 22.8. The fraction of sp³-hybridized carbons (Fsp3) is 0.182. The van der Waals surface area contributed by atoms with Crippen molar-refractivity contribution in [2.75, 3.05) is 0 Å². The maximum atomic E-state index is 10.9. The summed E-state index contributed by atoms with van der Waals surface area (Å²) in [6, 6.07) is 9.32. The molecule has 1 aromatic rings. The summed E-state index contributed by atoms with van der Waals surface area (Å²) in [4.78, 5) is 14.0. The first-order chi connectivity index (χ1) is 8.48. The zero-order chi connectivity index (χ0) is 13.2. The van der Waals surface area contributed by atoms with Crippen LogP contribution in [0.4, 0.5) is 0 Å². The Morgan fingerprint density at radius 2 is 2.11 bits per heavy atom. The number of nitrogens with zero attached hydrogens (tertiary/aromatic N) is 2. The lowest BCUT2D eigenvalue weighted by Crippen LogP contribution is -2.49. The molecular weight excluding hydrogens is 256 g/mol. The Kier molecular flexibility index (Phi) is 3.31. The standard InChI is InChI=1S/C11H11ClN4O2/c12-11(13)14-7-10(16(17)18)9(15-11)6-8-4-2-1-3-5-8/h1-5,7,15H,6,13H2. The Balaban J connectivity index is 2.31. The first-order valence-corrected chi connectivity index (χ1v) is 5.58. The molecule has 94 valence electrons. The summed E-state index contributed by atoms with van der Waals surface area (Å²) < 4.78 is 0. The van der Waals surface area contributed by atoms with Gasteiger partial charge in [0.2, 0.25) is 0 Å². The molecule has 6 nitrogen and oxygen atoms in total. The predicted octanol–water partition coefficient (Wildman–Crippen LogP) is 1.20. The van der Waals surface area contributed by atoms with Crippen LogP contribution in [0.3, 0.4) is 0 Å². The Hall–Kier alpha value is -1.92. The molecule has 1 heterocycles. The van der Waals surface area contributed by atoms with E-state index in [1.807, 2.05) is 30.3 Å². The van der Waals surface area contributed by atoms with Gasteiger partial charge in [-0.3, -0.25) is 15.8 Å². The van der Waals surface area contributed by atoms with Gasteiger partial charge in [0.1, 0.15) is 6.21 Å². The quantitative estimate of drug-likeness (QED) is 0.372. The van der Waals surface area contributed by atoms with Crippen molar-refractivity contribution < 1.29 is 4.92 Å². The number of aliphatic imine (C=N–C) groups is 1. The molecular formula is C11H11ClN4O2. The maximum absolute atomic E-state index is 10.9.